The topological polar surface area (TPSA) is 62.7 Å². The Hall–Kier alpha value is -2.76. The lowest BCUT2D eigenvalue weighted by Crippen LogP contribution is -2.34. The fourth-order valence-corrected chi connectivity index (χ4v) is 2.82. The van der Waals surface area contributed by atoms with Crippen molar-refractivity contribution in [3.05, 3.63) is 60.8 Å². The summed E-state index contributed by atoms with van der Waals surface area (Å²) in [6, 6.07) is 17.7. The molecule has 5 heteroatoms. The van der Waals surface area contributed by atoms with Crippen LogP contribution in [0.1, 0.15) is 0 Å². The molecule has 25 heavy (non-hydrogen) atoms. The zero-order chi connectivity index (χ0) is 17.6. The van der Waals surface area contributed by atoms with Gasteiger partial charge in [0.1, 0.15) is 0 Å². The van der Waals surface area contributed by atoms with Crippen LogP contribution < -0.4 is 4.90 Å². The molecule has 0 saturated carbocycles. The molecule has 3 rings (SSSR count). The molecule has 0 spiro atoms. The zero-order valence-corrected chi connectivity index (χ0v) is 14.0. The van der Waals surface area contributed by atoms with Gasteiger partial charge in [-0.05, 0) is 29.7 Å². The van der Waals surface area contributed by atoms with Gasteiger partial charge in [-0.15, -0.1) is 0 Å². The van der Waals surface area contributed by atoms with E-state index in [9.17, 15) is 9.90 Å². The molecule has 0 aliphatic carbocycles. The summed E-state index contributed by atoms with van der Waals surface area (Å²) in [6.07, 6.45) is 2.09. The van der Waals surface area contributed by atoms with E-state index >= 15 is 0 Å². The van der Waals surface area contributed by atoms with Gasteiger partial charge >= 0.3 is 0 Å². The molecular formula is C20H20N2O3. The number of aliphatic hydroxyl groups excluding tert-OH is 1. The molecule has 0 aliphatic rings. The molecule has 5 nitrogen and oxygen atoms in total. The number of aromatic nitrogens is 1. The maximum Gasteiger partial charge on any atom is 0.214 e. The molecular weight excluding hydrogens is 316 g/mol. The summed E-state index contributed by atoms with van der Waals surface area (Å²) in [5.74, 6) is 0. The minimum Gasteiger partial charge on any atom is -0.394 e. The molecule has 0 saturated heterocycles. The third-order valence-electron chi connectivity index (χ3n) is 4.19. The lowest BCUT2D eigenvalue weighted by molar-refractivity contribution is -0.107. The molecule has 1 unspecified atom stereocenters. The molecule has 1 heterocycles. The van der Waals surface area contributed by atoms with Crippen molar-refractivity contribution in [2.75, 3.05) is 25.2 Å². The summed E-state index contributed by atoms with van der Waals surface area (Å²) < 4.78 is 5.20. The molecule has 0 radical (unpaired) electrons. The highest BCUT2D eigenvalue weighted by Crippen LogP contribution is 2.30. The molecule has 128 valence electrons. The predicted molar refractivity (Wildman–Crippen MR) is 98.5 cm³/mol. The lowest BCUT2D eigenvalue weighted by atomic mass is 10.0. The Kier molecular flexibility index (Phi) is 5.38. The van der Waals surface area contributed by atoms with Crippen molar-refractivity contribution in [1.82, 2.24) is 4.98 Å². The summed E-state index contributed by atoms with van der Waals surface area (Å²) in [6.45, 7) is 0.133. The highest BCUT2D eigenvalue weighted by Gasteiger charge is 2.15. The van der Waals surface area contributed by atoms with Gasteiger partial charge in [-0.1, -0.05) is 30.3 Å². The molecule has 3 aromatic rings. The Balaban J connectivity index is 2.06. The summed E-state index contributed by atoms with van der Waals surface area (Å²) in [5.41, 5.74) is 2.64. The third kappa shape index (κ3) is 3.68. The van der Waals surface area contributed by atoms with E-state index in [0.717, 1.165) is 34.1 Å². The highest BCUT2D eigenvalue weighted by molar-refractivity contribution is 6.00. The van der Waals surface area contributed by atoms with Crippen molar-refractivity contribution in [2.45, 2.75) is 6.10 Å². The summed E-state index contributed by atoms with van der Waals surface area (Å²) in [7, 11) is 1.52. The first-order valence-electron chi connectivity index (χ1n) is 8.06. The SMILES string of the molecule is COC(CO)CN(C=O)c1cccc2ccc(-c3ccccn3)cc12. The van der Waals surface area contributed by atoms with E-state index in [2.05, 4.69) is 4.98 Å². The molecule has 0 aliphatic heterocycles. The van der Waals surface area contributed by atoms with E-state index in [4.69, 9.17) is 4.74 Å². The van der Waals surface area contributed by atoms with Gasteiger partial charge in [0.25, 0.3) is 0 Å². The molecule has 0 fully saturated rings. The van der Waals surface area contributed by atoms with Gasteiger partial charge in [-0.3, -0.25) is 9.78 Å². The Labute approximate surface area is 146 Å². The monoisotopic (exact) mass is 336 g/mol. The van der Waals surface area contributed by atoms with Crippen molar-refractivity contribution in [2.24, 2.45) is 0 Å². The number of hydrogen-bond donors (Lipinski definition) is 1. The smallest absolute Gasteiger partial charge is 0.214 e. The molecule has 1 amide bonds. The largest absolute Gasteiger partial charge is 0.394 e. The standard InChI is InChI=1S/C20H20N2O3/c1-25-17(13-23)12-22(14-24)20-7-4-5-15-8-9-16(11-18(15)20)19-6-2-3-10-21-19/h2-11,14,17,23H,12-13H2,1H3. The fourth-order valence-electron chi connectivity index (χ4n) is 2.82. The molecule has 0 bridgehead atoms. The van der Waals surface area contributed by atoms with Crippen LogP contribution in [0.4, 0.5) is 5.69 Å². The van der Waals surface area contributed by atoms with E-state index in [1.54, 1.807) is 11.1 Å². The first-order chi connectivity index (χ1) is 12.3. The van der Waals surface area contributed by atoms with Gasteiger partial charge in [0.2, 0.25) is 6.41 Å². The number of anilines is 1. The quantitative estimate of drug-likeness (QED) is 0.674. The number of ether oxygens (including phenoxy) is 1. The van der Waals surface area contributed by atoms with Gasteiger partial charge in [0.15, 0.2) is 0 Å². The van der Waals surface area contributed by atoms with Crippen LogP contribution in [0.15, 0.2) is 60.8 Å². The van der Waals surface area contributed by atoms with Crippen LogP contribution in [0, 0.1) is 0 Å². The lowest BCUT2D eigenvalue weighted by Gasteiger charge is -2.23. The number of benzene rings is 2. The van der Waals surface area contributed by atoms with Gasteiger partial charge in [-0.2, -0.15) is 0 Å². The van der Waals surface area contributed by atoms with Crippen molar-refractivity contribution in [1.29, 1.82) is 0 Å². The number of carbonyl (C=O) groups is 1. The minimum atomic E-state index is -0.431. The van der Waals surface area contributed by atoms with Gasteiger partial charge in [0, 0.05) is 24.3 Å². The number of methoxy groups -OCH3 is 1. The number of fused-ring (bicyclic) bond motifs is 1. The Morgan fingerprint density at radius 3 is 2.76 bits per heavy atom. The van der Waals surface area contributed by atoms with Crippen LogP contribution in [0.2, 0.25) is 0 Å². The Morgan fingerprint density at radius 2 is 2.08 bits per heavy atom. The number of nitrogens with zero attached hydrogens (tertiary/aromatic N) is 2. The van der Waals surface area contributed by atoms with Crippen LogP contribution in [-0.4, -0.2) is 42.9 Å². The molecule has 1 aromatic heterocycles. The summed E-state index contributed by atoms with van der Waals surface area (Å²) in [4.78, 5) is 17.6. The average Bonchev–Trinajstić information content (AvgIpc) is 2.69. The Bertz CT molecular complexity index is 848. The minimum absolute atomic E-state index is 0.148. The van der Waals surface area contributed by atoms with Crippen LogP contribution in [0.3, 0.4) is 0 Å². The van der Waals surface area contributed by atoms with Gasteiger partial charge < -0.3 is 14.7 Å². The van der Waals surface area contributed by atoms with Crippen LogP contribution in [0.5, 0.6) is 0 Å². The second-order valence-electron chi connectivity index (χ2n) is 5.73. The first-order valence-corrected chi connectivity index (χ1v) is 8.06. The van der Waals surface area contributed by atoms with Crippen molar-refractivity contribution < 1.29 is 14.6 Å². The molecule has 1 N–H and O–H groups in total. The summed E-state index contributed by atoms with van der Waals surface area (Å²) in [5, 5.41) is 11.3. The van der Waals surface area contributed by atoms with E-state index in [0.29, 0.717) is 0 Å². The van der Waals surface area contributed by atoms with Gasteiger partial charge in [-0.25, -0.2) is 0 Å². The Morgan fingerprint density at radius 1 is 1.20 bits per heavy atom. The van der Waals surface area contributed by atoms with Crippen molar-refractivity contribution in [3.8, 4) is 11.3 Å². The van der Waals surface area contributed by atoms with Gasteiger partial charge in [0.05, 0.1) is 30.6 Å². The second kappa shape index (κ2) is 7.88. The number of amides is 1. The maximum absolute atomic E-state index is 11.6. The van der Waals surface area contributed by atoms with Crippen LogP contribution in [-0.2, 0) is 9.53 Å². The number of aliphatic hydroxyl groups is 1. The average molecular weight is 336 g/mol. The second-order valence-corrected chi connectivity index (χ2v) is 5.73. The maximum atomic E-state index is 11.6. The van der Waals surface area contributed by atoms with Crippen molar-refractivity contribution >= 4 is 22.9 Å². The number of pyridine rings is 1. The molecule has 2 aromatic carbocycles. The van der Waals surface area contributed by atoms with E-state index in [1.165, 1.54) is 7.11 Å². The van der Waals surface area contributed by atoms with Crippen LogP contribution >= 0.6 is 0 Å². The predicted octanol–water partition coefficient (Wildman–Crippen LogP) is 2.87. The normalized spacial score (nSPS) is 12.1. The number of hydrogen-bond acceptors (Lipinski definition) is 4. The highest BCUT2D eigenvalue weighted by atomic mass is 16.5. The van der Waals surface area contributed by atoms with Crippen LogP contribution in [0.25, 0.3) is 22.0 Å². The third-order valence-corrected chi connectivity index (χ3v) is 4.19. The first kappa shape index (κ1) is 17.1. The number of rotatable bonds is 7. The van der Waals surface area contributed by atoms with Crippen molar-refractivity contribution in [3.63, 3.8) is 0 Å². The summed E-state index contributed by atoms with van der Waals surface area (Å²) >= 11 is 0. The molecule has 1 atom stereocenters. The van der Waals surface area contributed by atoms with E-state index in [1.807, 2.05) is 54.6 Å². The van der Waals surface area contributed by atoms with E-state index in [-0.39, 0.29) is 13.2 Å². The zero-order valence-electron chi connectivity index (χ0n) is 14.0. The number of carbonyl (C=O) groups excluding carboxylic acids is 1. The fraction of sp³-hybridized carbons (Fsp3) is 0.200. The van der Waals surface area contributed by atoms with E-state index < -0.39 is 6.10 Å².